The highest BCUT2D eigenvalue weighted by Crippen LogP contribution is 2.22. The summed E-state index contributed by atoms with van der Waals surface area (Å²) in [7, 11) is 0. The van der Waals surface area contributed by atoms with Crippen LogP contribution in [0.25, 0.3) is 0 Å². The van der Waals surface area contributed by atoms with Gasteiger partial charge < -0.3 is 5.32 Å². The first-order chi connectivity index (χ1) is 7.77. The SMILES string of the molecule is Cc1cccc(C)c1N=CC1CCCCN1. The molecule has 0 saturated carbocycles. The van der Waals surface area contributed by atoms with Gasteiger partial charge in [-0.25, -0.2) is 0 Å². The molecule has 0 bridgehead atoms. The van der Waals surface area contributed by atoms with E-state index in [-0.39, 0.29) is 0 Å². The van der Waals surface area contributed by atoms with Gasteiger partial charge in [0.2, 0.25) is 0 Å². The fourth-order valence-electron chi connectivity index (χ4n) is 2.18. The Morgan fingerprint density at radius 1 is 1.25 bits per heavy atom. The molecule has 1 aromatic carbocycles. The molecule has 1 atom stereocenters. The first kappa shape index (κ1) is 11.3. The van der Waals surface area contributed by atoms with Gasteiger partial charge in [0, 0.05) is 12.3 Å². The monoisotopic (exact) mass is 216 g/mol. The lowest BCUT2D eigenvalue weighted by Gasteiger charge is -2.19. The summed E-state index contributed by atoms with van der Waals surface area (Å²) in [4.78, 5) is 4.64. The minimum atomic E-state index is 0.466. The molecular weight excluding hydrogens is 196 g/mol. The quantitative estimate of drug-likeness (QED) is 0.755. The second kappa shape index (κ2) is 5.26. The minimum Gasteiger partial charge on any atom is -0.309 e. The van der Waals surface area contributed by atoms with Crippen molar-refractivity contribution in [1.82, 2.24) is 5.32 Å². The number of nitrogens with zero attached hydrogens (tertiary/aromatic N) is 1. The number of para-hydroxylation sites is 1. The summed E-state index contributed by atoms with van der Waals surface area (Å²) < 4.78 is 0. The topological polar surface area (TPSA) is 24.4 Å². The van der Waals surface area contributed by atoms with Crippen LogP contribution < -0.4 is 5.32 Å². The Morgan fingerprint density at radius 3 is 2.62 bits per heavy atom. The van der Waals surface area contributed by atoms with Crippen molar-refractivity contribution < 1.29 is 0 Å². The molecule has 2 heteroatoms. The highest BCUT2D eigenvalue weighted by molar-refractivity contribution is 5.71. The summed E-state index contributed by atoms with van der Waals surface area (Å²) in [5.41, 5.74) is 3.65. The van der Waals surface area contributed by atoms with E-state index in [0.717, 1.165) is 12.2 Å². The molecule has 2 rings (SSSR count). The molecule has 86 valence electrons. The molecule has 0 amide bonds. The number of benzene rings is 1. The number of hydrogen-bond donors (Lipinski definition) is 1. The predicted octanol–water partition coefficient (Wildman–Crippen LogP) is 3.15. The molecular formula is C14H20N2. The fraction of sp³-hybridized carbons (Fsp3) is 0.500. The Balaban J connectivity index is 2.10. The lowest BCUT2D eigenvalue weighted by Crippen LogP contribution is -2.34. The van der Waals surface area contributed by atoms with Gasteiger partial charge >= 0.3 is 0 Å². The van der Waals surface area contributed by atoms with Crippen molar-refractivity contribution in [3.05, 3.63) is 29.3 Å². The van der Waals surface area contributed by atoms with Crippen molar-refractivity contribution >= 4 is 11.9 Å². The van der Waals surface area contributed by atoms with Gasteiger partial charge in [-0.15, -0.1) is 0 Å². The Bertz CT molecular complexity index is 356. The molecule has 16 heavy (non-hydrogen) atoms. The van der Waals surface area contributed by atoms with E-state index in [1.54, 1.807) is 0 Å². The zero-order chi connectivity index (χ0) is 11.4. The summed E-state index contributed by atoms with van der Waals surface area (Å²) >= 11 is 0. The van der Waals surface area contributed by atoms with Crippen LogP contribution in [0.4, 0.5) is 5.69 Å². The van der Waals surface area contributed by atoms with Crippen LogP contribution >= 0.6 is 0 Å². The fourth-order valence-corrected chi connectivity index (χ4v) is 2.18. The average Bonchev–Trinajstić information content (AvgIpc) is 2.30. The molecule has 1 saturated heterocycles. The second-order valence-electron chi connectivity index (χ2n) is 4.57. The van der Waals surface area contributed by atoms with Gasteiger partial charge in [0.25, 0.3) is 0 Å². The molecule has 1 aromatic rings. The maximum Gasteiger partial charge on any atom is 0.0684 e. The van der Waals surface area contributed by atoms with Crippen molar-refractivity contribution in [2.24, 2.45) is 4.99 Å². The minimum absolute atomic E-state index is 0.466. The molecule has 2 nitrogen and oxygen atoms in total. The van der Waals surface area contributed by atoms with Crippen molar-refractivity contribution in [3.63, 3.8) is 0 Å². The van der Waals surface area contributed by atoms with E-state index >= 15 is 0 Å². The zero-order valence-corrected chi connectivity index (χ0v) is 10.2. The van der Waals surface area contributed by atoms with Gasteiger partial charge in [-0.1, -0.05) is 24.6 Å². The number of piperidine rings is 1. The molecule has 1 aliphatic rings. The van der Waals surface area contributed by atoms with Gasteiger partial charge in [0.15, 0.2) is 0 Å². The maximum absolute atomic E-state index is 4.64. The molecule has 1 unspecified atom stereocenters. The summed E-state index contributed by atoms with van der Waals surface area (Å²) in [5, 5.41) is 3.48. The Morgan fingerprint density at radius 2 is 2.00 bits per heavy atom. The standard InChI is InChI=1S/C14H20N2/c1-11-6-5-7-12(2)14(11)16-10-13-8-3-4-9-15-13/h5-7,10,13,15H,3-4,8-9H2,1-2H3. The number of nitrogens with one attached hydrogen (secondary N) is 1. The number of hydrogen-bond acceptors (Lipinski definition) is 2. The number of aryl methyl sites for hydroxylation is 2. The third-order valence-corrected chi connectivity index (χ3v) is 3.17. The largest absolute Gasteiger partial charge is 0.309 e. The first-order valence-electron chi connectivity index (χ1n) is 6.11. The molecule has 1 heterocycles. The smallest absolute Gasteiger partial charge is 0.0684 e. The van der Waals surface area contributed by atoms with Gasteiger partial charge in [-0.05, 0) is 44.4 Å². The van der Waals surface area contributed by atoms with E-state index in [9.17, 15) is 0 Å². The van der Waals surface area contributed by atoms with Gasteiger partial charge in [-0.3, -0.25) is 4.99 Å². The first-order valence-corrected chi connectivity index (χ1v) is 6.11. The number of aliphatic imine (C=N–C) groups is 1. The van der Waals surface area contributed by atoms with Crippen molar-refractivity contribution in [2.45, 2.75) is 39.2 Å². The van der Waals surface area contributed by atoms with E-state index in [4.69, 9.17) is 0 Å². The van der Waals surface area contributed by atoms with Crippen LogP contribution in [0, 0.1) is 13.8 Å². The second-order valence-corrected chi connectivity index (χ2v) is 4.57. The molecule has 0 aliphatic carbocycles. The van der Waals surface area contributed by atoms with Crippen LogP contribution in [0.3, 0.4) is 0 Å². The molecule has 1 aliphatic heterocycles. The van der Waals surface area contributed by atoms with E-state index in [2.05, 4.69) is 48.6 Å². The summed E-state index contributed by atoms with van der Waals surface area (Å²) in [6.07, 6.45) is 5.91. The maximum atomic E-state index is 4.64. The van der Waals surface area contributed by atoms with Gasteiger partial charge in [-0.2, -0.15) is 0 Å². The molecule has 0 radical (unpaired) electrons. The lowest BCUT2D eigenvalue weighted by atomic mass is 10.1. The van der Waals surface area contributed by atoms with Crippen LogP contribution in [0.15, 0.2) is 23.2 Å². The highest BCUT2D eigenvalue weighted by atomic mass is 14.9. The molecule has 0 aromatic heterocycles. The van der Waals surface area contributed by atoms with Crippen molar-refractivity contribution in [3.8, 4) is 0 Å². The molecule has 1 N–H and O–H groups in total. The number of rotatable bonds is 2. The normalized spacial score (nSPS) is 21.5. The van der Waals surface area contributed by atoms with Crippen molar-refractivity contribution in [1.29, 1.82) is 0 Å². The Kier molecular flexibility index (Phi) is 3.73. The van der Waals surface area contributed by atoms with Crippen LogP contribution in [-0.2, 0) is 0 Å². The van der Waals surface area contributed by atoms with Crippen LogP contribution in [0.1, 0.15) is 30.4 Å². The third kappa shape index (κ3) is 2.70. The summed E-state index contributed by atoms with van der Waals surface area (Å²) in [6.45, 7) is 5.37. The zero-order valence-electron chi connectivity index (χ0n) is 10.2. The van der Waals surface area contributed by atoms with Crippen LogP contribution in [0.2, 0.25) is 0 Å². The Hall–Kier alpha value is -1.15. The average molecular weight is 216 g/mol. The third-order valence-electron chi connectivity index (χ3n) is 3.17. The van der Waals surface area contributed by atoms with Crippen molar-refractivity contribution in [2.75, 3.05) is 6.54 Å². The summed E-state index contributed by atoms with van der Waals surface area (Å²) in [6, 6.07) is 6.79. The molecule has 0 spiro atoms. The van der Waals surface area contributed by atoms with E-state index in [1.165, 1.54) is 30.4 Å². The lowest BCUT2D eigenvalue weighted by molar-refractivity contribution is 0.476. The Labute approximate surface area is 97.8 Å². The highest BCUT2D eigenvalue weighted by Gasteiger charge is 2.09. The molecule has 1 fully saturated rings. The predicted molar refractivity (Wildman–Crippen MR) is 69.7 cm³/mol. The summed E-state index contributed by atoms with van der Waals surface area (Å²) in [5.74, 6) is 0. The van der Waals surface area contributed by atoms with E-state index in [1.807, 2.05) is 0 Å². The van der Waals surface area contributed by atoms with Crippen LogP contribution in [-0.4, -0.2) is 18.8 Å². The van der Waals surface area contributed by atoms with E-state index in [0.29, 0.717) is 6.04 Å². The van der Waals surface area contributed by atoms with E-state index < -0.39 is 0 Å². The van der Waals surface area contributed by atoms with Crippen LogP contribution in [0.5, 0.6) is 0 Å². The van der Waals surface area contributed by atoms with Gasteiger partial charge in [0.05, 0.1) is 5.69 Å². The van der Waals surface area contributed by atoms with Gasteiger partial charge in [0.1, 0.15) is 0 Å².